The highest BCUT2D eigenvalue weighted by Gasteiger charge is 2.00. The van der Waals surface area contributed by atoms with Crippen LogP contribution in [0.5, 0.6) is 0 Å². The summed E-state index contributed by atoms with van der Waals surface area (Å²) in [7, 11) is 0. The molecule has 0 nitrogen and oxygen atoms in total. The summed E-state index contributed by atoms with van der Waals surface area (Å²) >= 11 is 0. The van der Waals surface area contributed by atoms with E-state index in [4.69, 9.17) is 0 Å². The van der Waals surface area contributed by atoms with Crippen molar-refractivity contribution in [2.24, 2.45) is 0 Å². The van der Waals surface area contributed by atoms with Gasteiger partial charge in [-0.2, -0.15) is 0 Å². The van der Waals surface area contributed by atoms with Gasteiger partial charge in [0, 0.05) is 5.39 Å². The Morgan fingerprint density at radius 1 is 0.917 bits per heavy atom. The third-order valence-electron chi connectivity index (χ3n) is 2.09. The summed E-state index contributed by atoms with van der Waals surface area (Å²) in [6.45, 7) is 1.99. The van der Waals surface area contributed by atoms with E-state index in [0.717, 1.165) is 10.9 Å². The van der Waals surface area contributed by atoms with Crippen LogP contribution in [0.1, 0.15) is 5.56 Å². The highest BCUT2D eigenvalue weighted by Crippen LogP contribution is 2.20. The Morgan fingerprint density at radius 2 is 1.58 bits per heavy atom. The summed E-state index contributed by atoms with van der Waals surface area (Å²) in [6, 6.07) is 10.8. The summed E-state index contributed by atoms with van der Waals surface area (Å²) in [5.74, 6) is -0.142. The van der Waals surface area contributed by atoms with E-state index in [1.807, 2.05) is 25.1 Å². The fraction of sp³-hybridized carbons (Fsp3) is 0.0909. The largest absolute Gasteiger partial charge is 0.206 e. The number of benzene rings is 2. The topological polar surface area (TPSA) is 0 Å². The normalized spacial score (nSPS) is 10.5. The lowest BCUT2D eigenvalue weighted by atomic mass is 10.1. The molecule has 0 radical (unpaired) electrons. The van der Waals surface area contributed by atoms with E-state index in [9.17, 15) is 4.39 Å². The fourth-order valence-corrected chi connectivity index (χ4v) is 1.41. The Morgan fingerprint density at radius 3 is 2.25 bits per heavy atom. The highest BCUT2D eigenvalue weighted by atomic mass is 18.2. The van der Waals surface area contributed by atoms with Gasteiger partial charge in [0.05, 0.1) is 0 Å². The first-order valence-electron chi connectivity index (χ1n) is 3.93. The maximum Gasteiger partial charge on any atom is 0.131 e. The van der Waals surface area contributed by atoms with Crippen molar-refractivity contribution in [3.63, 3.8) is 0 Å². The van der Waals surface area contributed by atoms with Crippen LogP contribution in [0.4, 0.5) is 4.39 Å². The van der Waals surface area contributed by atoms with Crippen molar-refractivity contribution in [3.8, 4) is 0 Å². The Kier molecular flexibility index (Phi) is 1.58. The van der Waals surface area contributed by atoms with Gasteiger partial charge in [0.1, 0.15) is 5.82 Å². The molecule has 0 atom stereocenters. The lowest BCUT2D eigenvalue weighted by Crippen LogP contribution is -1.81. The molecule has 0 bridgehead atoms. The standard InChI is InChI=1S/C11H9F/c1-8-6-7-11(12)10-5-3-2-4-9(8)10/h2-7H,1H3/i12-1. The van der Waals surface area contributed by atoms with Crippen LogP contribution in [-0.4, -0.2) is 0 Å². The van der Waals surface area contributed by atoms with E-state index in [0.29, 0.717) is 5.39 Å². The van der Waals surface area contributed by atoms with Gasteiger partial charge in [-0.25, -0.2) is 4.39 Å². The van der Waals surface area contributed by atoms with Gasteiger partial charge in [-0.1, -0.05) is 30.3 Å². The van der Waals surface area contributed by atoms with Crippen molar-refractivity contribution < 1.29 is 4.39 Å². The summed E-state index contributed by atoms with van der Waals surface area (Å²) in [6.07, 6.45) is 0. The Balaban J connectivity index is 2.95. The van der Waals surface area contributed by atoms with Gasteiger partial charge in [0.15, 0.2) is 0 Å². The van der Waals surface area contributed by atoms with E-state index >= 15 is 0 Å². The van der Waals surface area contributed by atoms with Crippen molar-refractivity contribution in [2.75, 3.05) is 0 Å². The zero-order valence-corrected chi connectivity index (χ0v) is 6.84. The molecule has 0 amide bonds. The first kappa shape index (κ1) is 7.29. The molecule has 0 fully saturated rings. The lowest BCUT2D eigenvalue weighted by Gasteiger charge is -2.01. The molecular formula is C11H9F. The number of hydrogen-bond donors (Lipinski definition) is 0. The number of aryl methyl sites for hydroxylation is 1. The fourth-order valence-electron chi connectivity index (χ4n) is 1.41. The minimum Gasteiger partial charge on any atom is -0.206 e. The molecular weight excluding hydrogens is 150 g/mol. The maximum atomic E-state index is 13.2. The van der Waals surface area contributed by atoms with Crippen molar-refractivity contribution in [1.29, 1.82) is 0 Å². The summed E-state index contributed by atoms with van der Waals surface area (Å²) < 4.78 is 13.2. The van der Waals surface area contributed by atoms with Crippen LogP contribution in [0.25, 0.3) is 10.8 Å². The Hall–Kier alpha value is -1.37. The molecule has 2 aromatic rings. The monoisotopic (exact) mass is 159 g/mol. The second-order valence-corrected chi connectivity index (χ2v) is 2.91. The molecule has 0 saturated heterocycles. The van der Waals surface area contributed by atoms with Gasteiger partial charge in [0.25, 0.3) is 0 Å². The first-order chi connectivity index (χ1) is 5.79. The van der Waals surface area contributed by atoms with Crippen molar-refractivity contribution >= 4 is 10.8 Å². The predicted molar refractivity (Wildman–Crippen MR) is 48.6 cm³/mol. The summed E-state index contributed by atoms with van der Waals surface area (Å²) in [4.78, 5) is 0. The molecule has 1 heteroatoms. The van der Waals surface area contributed by atoms with Gasteiger partial charge in [-0.3, -0.25) is 0 Å². The van der Waals surface area contributed by atoms with Gasteiger partial charge in [0.2, 0.25) is 0 Å². The molecule has 0 N–H and O–H groups in total. The summed E-state index contributed by atoms with van der Waals surface area (Å²) in [5.41, 5.74) is 1.12. The second-order valence-electron chi connectivity index (χ2n) is 2.91. The van der Waals surface area contributed by atoms with Crippen molar-refractivity contribution in [2.45, 2.75) is 6.92 Å². The third-order valence-corrected chi connectivity index (χ3v) is 2.09. The van der Waals surface area contributed by atoms with E-state index < -0.39 is 0 Å². The zero-order chi connectivity index (χ0) is 8.55. The van der Waals surface area contributed by atoms with Gasteiger partial charge in [-0.15, -0.1) is 0 Å². The number of halogens is 1. The smallest absolute Gasteiger partial charge is 0.131 e. The SMILES string of the molecule is Cc1ccc([18F])c2ccccc12. The predicted octanol–water partition coefficient (Wildman–Crippen LogP) is 3.29. The minimum absolute atomic E-state index is 0.142. The Bertz CT molecular complexity index is 378. The maximum absolute atomic E-state index is 13.2. The molecule has 0 aromatic heterocycles. The van der Waals surface area contributed by atoms with Crippen LogP contribution in [0.3, 0.4) is 0 Å². The lowest BCUT2D eigenvalue weighted by molar-refractivity contribution is 0.639. The molecule has 12 heavy (non-hydrogen) atoms. The summed E-state index contributed by atoms with van der Waals surface area (Å²) in [5, 5.41) is 1.70. The van der Waals surface area contributed by atoms with Crippen LogP contribution < -0.4 is 0 Å². The first-order valence-corrected chi connectivity index (χ1v) is 3.93. The van der Waals surface area contributed by atoms with Gasteiger partial charge < -0.3 is 0 Å². The van der Waals surface area contributed by atoms with Crippen LogP contribution in [0.15, 0.2) is 36.4 Å². The van der Waals surface area contributed by atoms with Crippen LogP contribution in [0, 0.1) is 12.7 Å². The molecule has 0 aliphatic rings. The third kappa shape index (κ3) is 0.981. The molecule has 0 heterocycles. The Labute approximate surface area is 70.6 Å². The molecule has 0 aliphatic heterocycles. The molecule has 0 unspecified atom stereocenters. The number of rotatable bonds is 0. The molecule has 0 saturated carbocycles. The van der Waals surface area contributed by atoms with E-state index in [1.54, 1.807) is 12.1 Å². The minimum atomic E-state index is -0.142. The molecule has 60 valence electrons. The number of hydrogen-bond acceptors (Lipinski definition) is 0. The molecule has 0 aliphatic carbocycles. The van der Waals surface area contributed by atoms with Gasteiger partial charge >= 0.3 is 0 Å². The average Bonchev–Trinajstić information content (AvgIpc) is 2.12. The zero-order valence-electron chi connectivity index (χ0n) is 6.84. The highest BCUT2D eigenvalue weighted by molar-refractivity contribution is 5.85. The van der Waals surface area contributed by atoms with Crippen LogP contribution in [-0.2, 0) is 0 Å². The second kappa shape index (κ2) is 2.59. The number of fused-ring (bicyclic) bond motifs is 1. The molecule has 2 aromatic carbocycles. The van der Waals surface area contributed by atoms with Crippen LogP contribution >= 0.6 is 0 Å². The average molecular weight is 159 g/mol. The van der Waals surface area contributed by atoms with Crippen molar-refractivity contribution in [3.05, 3.63) is 47.8 Å². The van der Waals surface area contributed by atoms with E-state index in [2.05, 4.69) is 0 Å². The van der Waals surface area contributed by atoms with Crippen LogP contribution in [0.2, 0.25) is 0 Å². The quantitative estimate of drug-likeness (QED) is 0.553. The van der Waals surface area contributed by atoms with Gasteiger partial charge in [-0.05, 0) is 23.9 Å². The van der Waals surface area contributed by atoms with E-state index in [1.165, 1.54) is 6.07 Å². The molecule has 2 rings (SSSR count). The molecule has 0 spiro atoms. The van der Waals surface area contributed by atoms with Crippen molar-refractivity contribution in [1.82, 2.24) is 0 Å². The van der Waals surface area contributed by atoms with E-state index in [-0.39, 0.29) is 5.82 Å².